The van der Waals surface area contributed by atoms with Crippen LogP contribution in [-0.4, -0.2) is 14.7 Å². The number of amides is 1. The maximum absolute atomic E-state index is 12.4. The van der Waals surface area contributed by atoms with E-state index in [1.165, 1.54) is 11.7 Å². The summed E-state index contributed by atoms with van der Waals surface area (Å²) in [6.45, 7) is 4.78. The standard InChI is InChI=1S/C19H19N3O2S/c1-13-6-3-4-7-16(13)11-20-19(23)15-8-5-9-17(10-15)24-12-18-14(2)21-25-22-18/h3-10H,11-12H2,1-2H3,(H,20,23). The molecule has 25 heavy (non-hydrogen) atoms. The Kier molecular flexibility index (Phi) is 5.40. The summed E-state index contributed by atoms with van der Waals surface area (Å²) in [5, 5.41) is 2.95. The predicted molar refractivity (Wildman–Crippen MR) is 97.8 cm³/mol. The van der Waals surface area contributed by atoms with E-state index in [1.807, 2.05) is 50.2 Å². The summed E-state index contributed by atoms with van der Waals surface area (Å²) in [4.78, 5) is 12.4. The molecule has 0 aliphatic heterocycles. The molecule has 0 aliphatic carbocycles. The Morgan fingerprint density at radius 2 is 1.96 bits per heavy atom. The minimum absolute atomic E-state index is 0.125. The van der Waals surface area contributed by atoms with Crippen LogP contribution in [0.15, 0.2) is 48.5 Å². The van der Waals surface area contributed by atoms with Crippen molar-refractivity contribution < 1.29 is 9.53 Å². The highest BCUT2D eigenvalue weighted by Crippen LogP contribution is 2.16. The summed E-state index contributed by atoms with van der Waals surface area (Å²) in [6, 6.07) is 15.2. The van der Waals surface area contributed by atoms with Crippen molar-refractivity contribution in [3.05, 3.63) is 76.6 Å². The van der Waals surface area contributed by atoms with Crippen molar-refractivity contribution in [2.45, 2.75) is 27.0 Å². The van der Waals surface area contributed by atoms with Crippen LogP contribution in [0.4, 0.5) is 0 Å². The average molecular weight is 353 g/mol. The molecule has 0 saturated carbocycles. The normalized spacial score (nSPS) is 10.5. The fraction of sp³-hybridized carbons (Fsp3) is 0.211. The number of aryl methyl sites for hydroxylation is 2. The van der Waals surface area contributed by atoms with E-state index < -0.39 is 0 Å². The molecule has 1 heterocycles. The van der Waals surface area contributed by atoms with Gasteiger partial charge < -0.3 is 10.1 Å². The van der Waals surface area contributed by atoms with Gasteiger partial charge in [-0.1, -0.05) is 30.3 Å². The molecule has 128 valence electrons. The quantitative estimate of drug-likeness (QED) is 0.734. The monoisotopic (exact) mass is 353 g/mol. The van der Waals surface area contributed by atoms with Gasteiger partial charge in [-0.05, 0) is 43.2 Å². The van der Waals surface area contributed by atoms with Crippen molar-refractivity contribution in [1.82, 2.24) is 14.1 Å². The maximum Gasteiger partial charge on any atom is 0.251 e. The van der Waals surface area contributed by atoms with Gasteiger partial charge in [0.05, 0.1) is 17.4 Å². The van der Waals surface area contributed by atoms with Crippen molar-refractivity contribution >= 4 is 17.6 Å². The second kappa shape index (κ2) is 7.90. The number of benzene rings is 2. The van der Waals surface area contributed by atoms with Crippen LogP contribution < -0.4 is 10.1 Å². The van der Waals surface area contributed by atoms with E-state index in [0.29, 0.717) is 24.5 Å². The molecule has 0 atom stereocenters. The first kappa shape index (κ1) is 17.1. The lowest BCUT2D eigenvalue weighted by molar-refractivity contribution is 0.0950. The molecule has 3 aromatic rings. The molecule has 0 bridgehead atoms. The zero-order valence-corrected chi connectivity index (χ0v) is 15.0. The van der Waals surface area contributed by atoms with Crippen molar-refractivity contribution in [2.24, 2.45) is 0 Å². The SMILES string of the molecule is Cc1ccccc1CNC(=O)c1cccc(OCc2nsnc2C)c1. The Morgan fingerprint density at radius 3 is 2.72 bits per heavy atom. The Balaban J connectivity index is 1.61. The number of nitrogens with one attached hydrogen (secondary N) is 1. The summed E-state index contributed by atoms with van der Waals surface area (Å²) < 4.78 is 14.0. The number of rotatable bonds is 6. The summed E-state index contributed by atoms with van der Waals surface area (Å²) in [6.07, 6.45) is 0. The van der Waals surface area contributed by atoms with Gasteiger partial charge in [0.15, 0.2) is 0 Å². The van der Waals surface area contributed by atoms with Gasteiger partial charge in [0.2, 0.25) is 0 Å². The molecule has 1 N–H and O–H groups in total. The summed E-state index contributed by atoms with van der Waals surface area (Å²) in [7, 11) is 0. The Morgan fingerprint density at radius 1 is 1.12 bits per heavy atom. The fourth-order valence-corrected chi connectivity index (χ4v) is 2.90. The summed E-state index contributed by atoms with van der Waals surface area (Å²) in [5.74, 6) is 0.510. The Hall–Kier alpha value is -2.73. The van der Waals surface area contributed by atoms with Gasteiger partial charge in [0.1, 0.15) is 18.1 Å². The van der Waals surface area contributed by atoms with Crippen LogP contribution in [0.5, 0.6) is 5.75 Å². The van der Waals surface area contributed by atoms with E-state index in [-0.39, 0.29) is 5.91 Å². The third-order valence-electron chi connectivity index (χ3n) is 3.92. The molecule has 0 aliphatic rings. The first-order valence-electron chi connectivity index (χ1n) is 7.97. The molecule has 0 spiro atoms. The lowest BCUT2D eigenvalue weighted by Crippen LogP contribution is -2.23. The highest BCUT2D eigenvalue weighted by Gasteiger charge is 2.09. The van der Waals surface area contributed by atoms with Crippen LogP contribution in [0.3, 0.4) is 0 Å². The first-order valence-corrected chi connectivity index (χ1v) is 8.70. The van der Waals surface area contributed by atoms with Gasteiger partial charge in [-0.2, -0.15) is 8.75 Å². The third-order valence-corrected chi connectivity index (χ3v) is 4.58. The van der Waals surface area contributed by atoms with Gasteiger partial charge in [0, 0.05) is 12.1 Å². The predicted octanol–water partition coefficient (Wildman–Crippen LogP) is 3.66. The van der Waals surface area contributed by atoms with Crippen LogP contribution in [0.2, 0.25) is 0 Å². The van der Waals surface area contributed by atoms with Crippen LogP contribution in [0, 0.1) is 13.8 Å². The molecule has 0 radical (unpaired) electrons. The number of nitrogens with zero attached hydrogens (tertiary/aromatic N) is 2. The lowest BCUT2D eigenvalue weighted by Gasteiger charge is -2.09. The second-order valence-electron chi connectivity index (χ2n) is 5.72. The Bertz CT molecular complexity index is 876. The van der Waals surface area contributed by atoms with E-state index in [2.05, 4.69) is 14.1 Å². The molecular formula is C19H19N3O2S. The van der Waals surface area contributed by atoms with E-state index in [4.69, 9.17) is 4.74 Å². The zero-order chi connectivity index (χ0) is 17.6. The van der Waals surface area contributed by atoms with Crippen molar-refractivity contribution in [3.8, 4) is 5.75 Å². The first-order chi connectivity index (χ1) is 12.1. The number of aromatic nitrogens is 2. The minimum Gasteiger partial charge on any atom is -0.487 e. The third kappa shape index (κ3) is 4.42. The average Bonchev–Trinajstić information content (AvgIpc) is 3.04. The van der Waals surface area contributed by atoms with Crippen LogP contribution in [0.1, 0.15) is 32.9 Å². The van der Waals surface area contributed by atoms with Crippen LogP contribution >= 0.6 is 11.7 Å². The number of hydrogen-bond acceptors (Lipinski definition) is 5. The fourth-order valence-electron chi connectivity index (χ4n) is 2.35. The molecule has 3 rings (SSSR count). The summed E-state index contributed by atoms with van der Waals surface area (Å²) >= 11 is 1.17. The van der Waals surface area contributed by atoms with Gasteiger partial charge in [0.25, 0.3) is 5.91 Å². The number of ether oxygens (including phenoxy) is 1. The molecule has 2 aromatic carbocycles. The van der Waals surface area contributed by atoms with E-state index in [9.17, 15) is 4.79 Å². The second-order valence-corrected chi connectivity index (χ2v) is 6.25. The van der Waals surface area contributed by atoms with Crippen molar-refractivity contribution in [1.29, 1.82) is 0 Å². The minimum atomic E-state index is -0.125. The van der Waals surface area contributed by atoms with Crippen molar-refractivity contribution in [2.75, 3.05) is 0 Å². The van der Waals surface area contributed by atoms with Gasteiger partial charge >= 0.3 is 0 Å². The Labute approximate surface area is 151 Å². The highest BCUT2D eigenvalue weighted by atomic mass is 32.1. The number of carbonyl (C=O) groups excluding carboxylic acids is 1. The topological polar surface area (TPSA) is 64.1 Å². The lowest BCUT2D eigenvalue weighted by atomic mass is 10.1. The molecule has 1 aromatic heterocycles. The number of hydrogen-bond donors (Lipinski definition) is 1. The largest absolute Gasteiger partial charge is 0.487 e. The van der Waals surface area contributed by atoms with Crippen LogP contribution in [0.25, 0.3) is 0 Å². The van der Waals surface area contributed by atoms with Gasteiger partial charge in [-0.25, -0.2) is 0 Å². The van der Waals surface area contributed by atoms with E-state index in [1.54, 1.807) is 12.1 Å². The highest BCUT2D eigenvalue weighted by molar-refractivity contribution is 6.99. The number of carbonyl (C=O) groups is 1. The summed E-state index contributed by atoms with van der Waals surface area (Å²) in [5.41, 5.74) is 4.53. The van der Waals surface area contributed by atoms with Gasteiger partial charge in [-0.15, -0.1) is 0 Å². The molecule has 1 amide bonds. The molecule has 0 fully saturated rings. The zero-order valence-electron chi connectivity index (χ0n) is 14.2. The maximum atomic E-state index is 12.4. The van der Waals surface area contributed by atoms with Gasteiger partial charge in [-0.3, -0.25) is 4.79 Å². The van der Waals surface area contributed by atoms with E-state index >= 15 is 0 Å². The van der Waals surface area contributed by atoms with Crippen molar-refractivity contribution in [3.63, 3.8) is 0 Å². The molecule has 5 nitrogen and oxygen atoms in total. The van der Waals surface area contributed by atoms with E-state index in [0.717, 1.165) is 22.5 Å². The van der Waals surface area contributed by atoms with Crippen LogP contribution in [-0.2, 0) is 13.2 Å². The smallest absolute Gasteiger partial charge is 0.251 e. The molecule has 0 unspecified atom stereocenters. The molecule has 6 heteroatoms. The molecular weight excluding hydrogens is 334 g/mol. The molecule has 0 saturated heterocycles.